The number of nitrogens with zero attached hydrogens (tertiary/aromatic N) is 3. The van der Waals surface area contributed by atoms with Gasteiger partial charge in [0, 0.05) is 24.9 Å². The second-order valence-corrected chi connectivity index (χ2v) is 7.00. The van der Waals surface area contributed by atoms with Crippen LogP contribution in [0.3, 0.4) is 0 Å². The number of para-hydroxylation sites is 1. The molecule has 0 saturated heterocycles. The van der Waals surface area contributed by atoms with Gasteiger partial charge >= 0.3 is 0 Å². The Hall–Kier alpha value is -2.43. The van der Waals surface area contributed by atoms with Crippen LogP contribution < -0.4 is 11.0 Å². The van der Waals surface area contributed by atoms with Gasteiger partial charge in [-0.2, -0.15) is 0 Å². The molecule has 0 unspecified atom stereocenters. The predicted octanol–water partition coefficient (Wildman–Crippen LogP) is 3.32. The fourth-order valence-electron chi connectivity index (χ4n) is 4.15. The summed E-state index contributed by atoms with van der Waals surface area (Å²) in [7, 11) is 1.88. The lowest BCUT2D eigenvalue weighted by molar-refractivity contribution is 0.473. The molecule has 0 spiro atoms. The molecule has 0 aliphatic heterocycles. The minimum Gasteiger partial charge on any atom is -0.328 e. The van der Waals surface area contributed by atoms with E-state index >= 15 is 0 Å². The highest BCUT2D eigenvalue weighted by Crippen LogP contribution is 2.29. The van der Waals surface area contributed by atoms with Crippen molar-refractivity contribution in [3.8, 4) is 0 Å². The lowest BCUT2D eigenvalue weighted by atomic mass is 10.1. The molecule has 0 N–H and O–H groups in total. The lowest BCUT2D eigenvalue weighted by Gasteiger charge is -2.20. The van der Waals surface area contributed by atoms with Crippen LogP contribution in [0.15, 0.2) is 33.9 Å². The van der Waals surface area contributed by atoms with Crippen LogP contribution in [0.5, 0.6) is 0 Å². The van der Waals surface area contributed by atoms with Crippen molar-refractivity contribution in [3.63, 3.8) is 0 Å². The summed E-state index contributed by atoms with van der Waals surface area (Å²) in [6, 6.07) is 7.61. The van der Waals surface area contributed by atoms with E-state index in [1.807, 2.05) is 34.4 Å². The number of pyridine rings is 1. The number of hydrogen-bond donors (Lipinski definition) is 0. The molecule has 1 aliphatic rings. The minimum absolute atomic E-state index is 0.160. The van der Waals surface area contributed by atoms with Crippen molar-refractivity contribution >= 4 is 21.9 Å². The summed E-state index contributed by atoms with van der Waals surface area (Å²) in [5.74, 6) is 0.817. The van der Waals surface area contributed by atoms with Crippen LogP contribution in [-0.4, -0.2) is 14.1 Å². The molecule has 2 aromatic heterocycles. The van der Waals surface area contributed by atoms with Crippen molar-refractivity contribution in [3.05, 3.63) is 50.7 Å². The summed E-state index contributed by atoms with van der Waals surface area (Å²) >= 11 is 0. The minimum atomic E-state index is -0.198. The number of rotatable bonds is 3. The molecule has 3 aromatic rings. The van der Waals surface area contributed by atoms with Crippen LogP contribution in [0.2, 0.25) is 0 Å². The molecular weight excluding hydrogens is 314 g/mol. The number of benzene rings is 1. The van der Waals surface area contributed by atoms with Gasteiger partial charge in [0.15, 0.2) is 5.65 Å². The smallest absolute Gasteiger partial charge is 0.267 e. The number of fused-ring (bicyclic) bond motifs is 2. The maximum Gasteiger partial charge on any atom is 0.267 e. The third kappa shape index (κ3) is 2.41. The van der Waals surface area contributed by atoms with E-state index in [4.69, 9.17) is 4.98 Å². The molecule has 2 heterocycles. The largest absolute Gasteiger partial charge is 0.328 e. The van der Waals surface area contributed by atoms with E-state index in [0.717, 1.165) is 49.9 Å². The van der Waals surface area contributed by atoms with Crippen LogP contribution in [0.1, 0.15) is 50.9 Å². The summed E-state index contributed by atoms with van der Waals surface area (Å²) in [5, 5.41) is 0.811. The second-order valence-electron chi connectivity index (χ2n) is 7.00. The third-order valence-corrected chi connectivity index (χ3v) is 5.39. The van der Waals surface area contributed by atoms with Gasteiger partial charge in [0.1, 0.15) is 11.2 Å². The molecule has 0 radical (unpaired) electrons. The first kappa shape index (κ1) is 16.1. The first-order valence-electron chi connectivity index (χ1n) is 9.16. The Labute approximate surface area is 145 Å². The Balaban J connectivity index is 2.16. The highest BCUT2D eigenvalue weighted by atomic mass is 16.1. The van der Waals surface area contributed by atoms with Gasteiger partial charge in [-0.25, -0.2) is 4.98 Å². The van der Waals surface area contributed by atoms with E-state index in [9.17, 15) is 9.59 Å². The molecule has 1 saturated carbocycles. The normalized spacial score (nSPS) is 15.4. The van der Waals surface area contributed by atoms with Gasteiger partial charge < -0.3 is 4.57 Å². The van der Waals surface area contributed by atoms with Crippen LogP contribution >= 0.6 is 0 Å². The van der Waals surface area contributed by atoms with Crippen molar-refractivity contribution in [1.29, 1.82) is 0 Å². The Bertz CT molecular complexity index is 1070. The molecule has 0 bridgehead atoms. The summed E-state index contributed by atoms with van der Waals surface area (Å²) in [6.45, 7) is 2.09. The monoisotopic (exact) mass is 337 g/mol. The standard InChI is InChI=1S/C20H23N3O2/c1-3-8-16-21-19-17(20(25)23(16)13-9-4-5-10-13)18(24)14-11-6-7-12-15(14)22(19)2/h6-7,11-13H,3-5,8-10H2,1-2H3. The van der Waals surface area contributed by atoms with Gasteiger partial charge in [0.2, 0.25) is 5.43 Å². The summed E-state index contributed by atoms with van der Waals surface area (Å²) in [6.07, 6.45) is 5.94. The Morgan fingerprint density at radius 2 is 1.88 bits per heavy atom. The third-order valence-electron chi connectivity index (χ3n) is 5.39. The van der Waals surface area contributed by atoms with E-state index in [1.165, 1.54) is 0 Å². The van der Waals surface area contributed by atoms with E-state index in [2.05, 4.69) is 6.92 Å². The number of hydrogen-bond acceptors (Lipinski definition) is 3. The summed E-state index contributed by atoms with van der Waals surface area (Å²) < 4.78 is 3.71. The topological polar surface area (TPSA) is 56.9 Å². The van der Waals surface area contributed by atoms with Gasteiger partial charge in [-0.05, 0) is 31.4 Å². The van der Waals surface area contributed by atoms with Gasteiger partial charge in [0.05, 0.1) is 5.52 Å². The van der Waals surface area contributed by atoms with Crippen LogP contribution in [0.4, 0.5) is 0 Å². The quantitative estimate of drug-likeness (QED) is 0.689. The molecule has 1 aliphatic carbocycles. The first-order chi connectivity index (χ1) is 12.1. The molecule has 25 heavy (non-hydrogen) atoms. The van der Waals surface area contributed by atoms with Gasteiger partial charge in [-0.15, -0.1) is 0 Å². The molecule has 1 fully saturated rings. The molecule has 5 nitrogen and oxygen atoms in total. The van der Waals surface area contributed by atoms with Crippen LogP contribution in [-0.2, 0) is 13.5 Å². The average molecular weight is 337 g/mol. The molecule has 0 atom stereocenters. The van der Waals surface area contributed by atoms with Crippen LogP contribution in [0, 0.1) is 0 Å². The van der Waals surface area contributed by atoms with Gasteiger partial charge in [0.25, 0.3) is 5.56 Å². The zero-order valence-corrected chi connectivity index (χ0v) is 14.8. The van der Waals surface area contributed by atoms with Crippen molar-refractivity contribution in [2.24, 2.45) is 7.05 Å². The predicted molar refractivity (Wildman–Crippen MR) is 100 cm³/mol. The molecule has 0 amide bonds. The zero-order chi connectivity index (χ0) is 17.6. The highest BCUT2D eigenvalue weighted by molar-refractivity contribution is 5.91. The van der Waals surface area contributed by atoms with E-state index in [-0.39, 0.29) is 22.4 Å². The van der Waals surface area contributed by atoms with E-state index in [1.54, 1.807) is 6.07 Å². The fourth-order valence-corrected chi connectivity index (χ4v) is 4.15. The second kappa shape index (κ2) is 6.14. The van der Waals surface area contributed by atoms with Gasteiger partial charge in [-0.1, -0.05) is 31.9 Å². The Morgan fingerprint density at radius 1 is 1.16 bits per heavy atom. The van der Waals surface area contributed by atoms with Crippen molar-refractivity contribution in [1.82, 2.24) is 14.1 Å². The maximum absolute atomic E-state index is 13.3. The summed E-state index contributed by atoms with van der Waals surface area (Å²) in [5.41, 5.74) is 0.960. The molecule has 4 rings (SSSR count). The highest BCUT2D eigenvalue weighted by Gasteiger charge is 2.24. The van der Waals surface area contributed by atoms with Crippen LogP contribution in [0.25, 0.3) is 21.9 Å². The van der Waals surface area contributed by atoms with E-state index in [0.29, 0.717) is 11.0 Å². The lowest BCUT2D eigenvalue weighted by Crippen LogP contribution is -2.32. The Morgan fingerprint density at radius 3 is 2.60 bits per heavy atom. The SMILES string of the molecule is CCCc1nc2c(c(=O)c3ccccc3n2C)c(=O)n1C1CCCC1. The Kier molecular flexibility index (Phi) is 3.94. The molecular formula is C20H23N3O2. The van der Waals surface area contributed by atoms with Crippen molar-refractivity contribution in [2.45, 2.75) is 51.5 Å². The summed E-state index contributed by atoms with van der Waals surface area (Å²) in [4.78, 5) is 31.2. The molecule has 1 aromatic carbocycles. The van der Waals surface area contributed by atoms with E-state index < -0.39 is 0 Å². The van der Waals surface area contributed by atoms with Crippen molar-refractivity contribution < 1.29 is 0 Å². The number of aromatic nitrogens is 3. The molecule has 5 heteroatoms. The number of aryl methyl sites for hydroxylation is 2. The fraction of sp³-hybridized carbons (Fsp3) is 0.450. The average Bonchev–Trinajstić information content (AvgIpc) is 3.14. The first-order valence-corrected chi connectivity index (χ1v) is 9.16. The molecule has 130 valence electrons. The maximum atomic E-state index is 13.3. The zero-order valence-electron chi connectivity index (χ0n) is 14.8. The van der Waals surface area contributed by atoms with Crippen molar-refractivity contribution in [2.75, 3.05) is 0 Å². The van der Waals surface area contributed by atoms with Gasteiger partial charge in [-0.3, -0.25) is 14.2 Å².